The van der Waals surface area contributed by atoms with Gasteiger partial charge in [-0.1, -0.05) is 50.1 Å². The predicted molar refractivity (Wildman–Crippen MR) is 91.0 cm³/mol. The zero-order valence-electron chi connectivity index (χ0n) is 14.8. The van der Waals surface area contributed by atoms with E-state index < -0.39 is 5.97 Å². The van der Waals surface area contributed by atoms with Crippen LogP contribution in [0.2, 0.25) is 0 Å². The fourth-order valence-electron chi connectivity index (χ4n) is 3.41. The first-order valence-electron chi connectivity index (χ1n) is 9.08. The Morgan fingerprint density at radius 2 is 2.08 bits per heavy atom. The highest BCUT2D eigenvalue weighted by molar-refractivity contribution is 5.73. The van der Waals surface area contributed by atoms with Gasteiger partial charge in [-0.3, -0.25) is 4.79 Å². The summed E-state index contributed by atoms with van der Waals surface area (Å²) < 4.78 is 5.24. The molecule has 0 saturated heterocycles. The summed E-state index contributed by atoms with van der Waals surface area (Å²) in [7, 11) is 1.52. The number of amides is 2. The van der Waals surface area contributed by atoms with Crippen LogP contribution in [0.5, 0.6) is 0 Å². The van der Waals surface area contributed by atoms with Crippen LogP contribution in [0, 0.1) is 5.92 Å². The van der Waals surface area contributed by atoms with Crippen LogP contribution in [0.3, 0.4) is 0 Å². The minimum atomic E-state index is -0.870. The average Bonchev–Trinajstić information content (AvgIpc) is 3.08. The highest BCUT2D eigenvalue weighted by Crippen LogP contribution is 2.31. The SMILES string of the molecule is CNC(=O)NCc1noc(C(CCCC2CCCCC2)CC(=O)O)n1. The van der Waals surface area contributed by atoms with E-state index in [2.05, 4.69) is 20.8 Å². The maximum Gasteiger partial charge on any atom is 0.314 e. The van der Waals surface area contributed by atoms with Crippen molar-refractivity contribution in [1.82, 2.24) is 20.8 Å². The monoisotopic (exact) mass is 352 g/mol. The fraction of sp³-hybridized carbons (Fsp3) is 0.765. The third-order valence-electron chi connectivity index (χ3n) is 4.78. The van der Waals surface area contributed by atoms with Crippen LogP contribution in [0.25, 0.3) is 0 Å². The number of carboxylic acid groups (broad SMARTS) is 1. The van der Waals surface area contributed by atoms with Gasteiger partial charge in [0, 0.05) is 13.0 Å². The average molecular weight is 352 g/mol. The summed E-state index contributed by atoms with van der Waals surface area (Å²) in [5, 5.41) is 18.0. The number of rotatable bonds is 9. The number of nitrogens with one attached hydrogen (secondary N) is 2. The van der Waals surface area contributed by atoms with E-state index in [1.807, 2.05) is 0 Å². The lowest BCUT2D eigenvalue weighted by Crippen LogP contribution is -2.32. The topological polar surface area (TPSA) is 117 Å². The molecule has 140 valence electrons. The van der Waals surface area contributed by atoms with E-state index >= 15 is 0 Å². The van der Waals surface area contributed by atoms with Crippen molar-refractivity contribution in [3.05, 3.63) is 11.7 Å². The third kappa shape index (κ3) is 6.72. The highest BCUT2D eigenvalue weighted by atomic mass is 16.5. The van der Waals surface area contributed by atoms with Crippen LogP contribution in [0.15, 0.2) is 4.52 Å². The molecule has 8 heteroatoms. The molecule has 1 aliphatic rings. The number of hydrogen-bond donors (Lipinski definition) is 3. The molecule has 1 aliphatic carbocycles. The molecule has 1 heterocycles. The van der Waals surface area contributed by atoms with Gasteiger partial charge in [-0.2, -0.15) is 4.98 Å². The molecule has 2 rings (SSSR count). The van der Waals surface area contributed by atoms with Crippen molar-refractivity contribution in [2.75, 3.05) is 7.05 Å². The van der Waals surface area contributed by atoms with Crippen molar-refractivity contribution in [2.24, 2.45) is 5.92 Å². The number of carbonyl (C=O) groups is 2. The van der Waals surface area contributed by atoms with Crippen molar-refractivity contribution in [3.8, 4) is 0 Å². The zero-order valence-corrected chi connectivity index (χ0v) is 14.8. The van der Waals surface area contributed by atoms with E-state index in [0.29, 0.717) is 11.7 Å². The molecule has 1 unspecified atom stereocenters. The molecule has 1 aromatic rings. The zero-order chi connectivity index (χ0) is 18.1. The number of nitrogens with zero attached hydrogens (tertiary/aromatic N) is 2. The fourth-order valence-corrected chi connectivity index (χ4v) is 3.41. The van der Waals surface area contributed by atoms with Gasteiger partial charge in [-0.05, 0) is 12.3 Å². The molecule has 3 N–H and O–H groups in total. The van der Waals surface area contributed by atoms with Gasteiger partial charge in [-0.15, -0.1) is 0 Å². The Bertz CT molecular complexity index is 555. The van der Waals surface area contributed by atoms with Crippen molar-refractivity contribution in [1.29, 1.82) is 0 Å². The van der Waals surface area contributed by atoms with Gasteiger partial charge >= 0.3 is 12.0 Å². The van der Waals surface area contributed by atoms with Gasteiger partial charge in [0.1, 0.15) is 0 Å². The lowest BCUT2D eigenvalue weighted by atomic mass is 9.84. The summed E-state index contributed by atoms with van der Waals surface area (Å²) in [4.78, 5) is 26.6. The van der Waals surface area contributed by atoms with Gasteiger partial charge in [0.05, 0.1) is 13.0 Å². The minimum Gasteiger partial charge on any atom is -0.481 e. The molecule has 1 atom stereocenters. The Morgan fingerprint density at radius 1 is 1.32 bits per heavy atom. The van der Waals surface area contributed by atoms with E-state index in [9.17, 15) is 9.59 Å². The van der Waals surface area contributed by atoms with Crippen LogP contribution < -0.4 is 10.6 Å². The van der Waals surface area contributed by atoms with Crippen LogP contribution in [0.4, 0.5) is 4.79 Å². The Balaban J connectivity index is 1.86. The first-order chi connectivity index (χ1) is 12.1. The number of carbonyl (C=O) groups excluding carboxylic acids is 1. The first-order valence-corrected chi connectivity index (χ1v) is 9.08. The summed E-state index contributed by atoms with van der Waals surface area (Å²) in [5.41, 5.74) is 0. The molecule has 1 fully saturated rings. The Hall–Kier alpha value is -2.12. The van der Waals surface area contributed by atoms with Crippen LogP contribution in [-0.4, -0.2) is 34.3 Å². The quantitative estimate of drug-likeness (QED) is 0.629. The lowest BCUT2D eigenvalue weighted by Gasteiger charge is -2.21. The normalized spacial score (nSPS) is 16.4. The molecule has 0 aliphatic heterocycles. The van der Waals surface area contributed by atoms with E-state index in [-0.39, 0.29) is 24.9 Å². The largest absolute Gasteiger partial charge is 0.481 e. The van der Waals surface area contributed by atoms with Gasteiger partial charge in [0.25, 0.3) is 0 Å². The Labute approximate surface area is 147 Å². The van der Waals surface area contributed by atoms with E-state index in [1.54, 1.807) is 0 Å². The van der Waals surface area contributed by atoms with Crippen LogP contribution >= 0.6 is 0 Å². The van der Waals surface area contributed by atoms with Crippen LogP contribution in [-0.2, 0) is 11.3 Å². The van der Waals surface area contributed by atoms with Crippen molar-refractivity contribution >= 4 is 12.0 Å². The number of aromatic nitrogens is 2. The molecule has 2 amide bonds. The number of carboxylic acids is 1. The van der Waals surface area contributed by atoms with E-state index in [0.717, 1.165) is 25.2 Å². The maximum absolute atomic E-state index is 11.2. The molecule has 0 radical (unpaired) electrons. The summed E-state index contributed by atoms with van der Waals surface area (Å²) >= 11 is 0. The van der Waals surface area contributed by atoms with Crippen molar-refractivity contribution in [2.45, 2.75) is 70.3 Å². The summed E-state index contributed by atoms with van der Waals surface area (Å²) in [6.07, 6.45) is 9.36. The molecule has 8 nitrogen and oxygen atoms in total. The van der Waals surface area contributed by atoms with Crippen molar-refractivity contribution < 1.29 is 19.2 Å². The molecule has 1 aromatic heterocycles. The van der Waals surface area contributed by atoms with E-state index in [1.165, 1.54) is 39.2 Å². The standard InChI is InChI=1S/C17H28N4O4/c1-18-17(24)19-11-14-20-16(25-21-14)13(10-15(22)23)9-5-8-12-6-3-2-4-7-12/h12-13H,2-11H2,1H3,(H,22,23)(H2,18,19,24). The molecule has 0 spiro atoms. The van der Waals surface area contributed by atoms with Gasteiger partial charge in [0.15, 0.2) is 5.82 Å². The molecule has 25 heavy (non-hydrogen) atoms. The maximum atomic E-state index is 11.2. The molecule has 0 aromatic carbocycles. The molecule has 0 bridgehead atoms. The first kappa shape index (κ1) is 19.2. The van der Waals surface area contributed by atoms with E-state index in [4.69, 9.17) is 9.63 Å². The predicted octanol–water partition coefficient (Wildman–Crippen LogP) is 2.81. The second-order valence-electron chi connectivity index (χ2n) is 6.71. The van der Waals surface area contributed by atoms with Crippen molar-refractivity contribution in [3.63, 3.8) is 0 Å². The Morgan fingerprint density at radius 3 is 2.76 bits per heavy atom. The Kier molecular flexibility index (Phi) is 7.69. The smallest absolute Gasteiger partial charge is 0.314 e. The second-order valence-corrected chi connectivity index (χ2v) is 6.71. The second kappa shape index (κ2) is 10.0. The number of aliphatic carboxylic acids is 1. The summed E-state index contributed by atoms with van der Waals surface area (Å²) in [5.74, 6) is 0.323. The summed E-state index contributed by atoms with van der Waals surface area (Å²) in [6, 6.07) is -0.332. The van der Waals surface area contributed by atoms with Gasteiger partial charge in [-0.25, -0.2) is 4.79 Å². The van der Waals surface area contributed by atoms with Gasteiger partial charge in [0.2, 0.25) is 5.89 Å². The van der Waals surface area contributed by atoms with Crippen LogP contribution in [0.1, 0.15) is 75.4 Å². The minimum absolute atomic E-state index is 0.0187. The van der Waals surface area contributed by atoms with Gasteiger partial charge < -0.3 is 20.3 Å². The number of urea groups is 1. The lowest BCUT2D eigenvalue weighted by molar-refractivity contribution is -0.137. The molecule has 1 saturated carbocycles. The highest BCUT2D eigenvalue weighted by Gasteiger charge is 2.23. The molecular weight excluding hydrogens is 324 g/mol. The summed E-state index contributed by atoms with van der Waals surface area (Å²) in [6.45, 7) is 0.144. The third-order valence-corrected chi connectivity index (χ3v) is 4.78. The molecular formula is C17H28N4O4. The number of hydrogen-bond acceptors (Lipinski definition) is 5.